The Morgan fingerprint density at radius 1 is 1.33 bits per heavy atom. The van der Waals surface area contributed by atoms with E-state index in [1.54, 1.807) is 18.0 Å². The first-order valence-corrected chi connectivity index (χ1v) is 10.0. The number of carbonyl (C=O) groups excluding carboxylic acids is 1. The van der Waals surface area contributed by atoms with Crippen LogP contribution in [-0.2, 0) is 4.74 Å². The largest absolute Gasteiger partial charge is 0.444 e. The van der Waals surface area contributed by atoms with Crippen molar-refractivity contribution in [1.82, 2.24) is 9.62 Å². The standard InChI is InChI=1S/C17H25ClN4O4S/c1-17(2,3)26-16(23)19-6-11-27-21-9-7-20(8-10-21)13-4-5-14(18)15(12-13)22(24)25/h4-5,12H,6-11H2,1-3H3,(H,19,23). The zero-order valence-corrected chi connectivity index (χ0v) is 17.3. The smallest absolute Gasteiger partial charge is 0.407 e. The van der Waals surface area contributed by atoms with Crippen molar-refractivity contribution in [3.05, 3.63) is 33.3 Å². The van der Waals surface area contributed by atoms with E-state index in [2.05, 4.69) is 14.5 Å². The number of halogens is 1. The van der Waals surface area contributed by atoms with E-state index in [4.69, 9.17) is 16.3 Å². The first-order valence-electron chi connectivity index (χ1n) is 8.69. The maximum absolute atomic E-state index is 11.6. The maximum atomic E-state index is 11.6. The average molecular weight is 417 g/mol. The van der Waals surface area contributed by atoms with Gasteiger partial charge in [-0.2, -0.15) is 0 Å². The third-order valence-electron chi connectivity index (χ3n) is 3.77. The highest BCUT2D eigenvalue weighted by atomic mass is 35.5. The number of hydrogen-bond acceptors (Lipinski definition) is 7. The number of nitrogens with one attached hydrogen (secondary N) is 1. The van der Waals surface area contributed by atoms with E-state index in [1.807, 2.05) is 26.8 Å². The highest BCUT2D eigenvalue weighted by Gasteiger charge is 2.21. The van der Waals surface area contributed by atoms with Crippen molar-refractivity contribution < 1.29 is 14.5 Å². The molecule has 1 aromatic carbocycles. The molecule has 10 heteroatoms. The number of benzene rings is 1. The number of amides is 1. The quantitative estimate of drug-likeness (QED) is 0.328. The first-order chi connectivity index (χ1) is 12.7. The minimum Gasteiger partial charge on any atom is -0.444 e. The van der Waals surface area contributed by atoms with E-state index in [-0.39, 0.29) is 10.7 Å². The number of carbonyl (C=O) groups is 1. The van der Waals surface area contributed by atoms with Crippen LogP contribution in [0.25, 0.3) is 0 Å². The maximum Gasteiger partial charge on any atom is 0.407 e. The van der Waals surface area contributed by atoms with E-state index in [0.717, 1.165) is 37.6 Å². The summed E-state index contributed by atoms with van der Waals surface area (Å²) in [5.41, 5.74) is 0.242. The van der Waals surface area contributed by atoms with Crippen LogP contribution < -0.4 is 10.2 Å². The molecule has 0 radical (unpaired) electrons. The lowest BCUT2D eigenvalue weighted by Crippen LogP contribution is -2.44. The average Bonchev–Trinajstić information content (AvgIpc) is 2.58. The van der Waals surface area contributed by atoms with Gasteiger partial charge in [0.15, 0.2) is 0 Å². The molecule has 0 spiro atoms. The normalized spacial score (nSPS) is 15.5. The monoisotopic (exact) mass is 416 g/mol. The Labute approximate surface area is 168 Å². The van der Waals surface area contributed by atoms with Gasteiger partial charge in [-0.15, -0.1) is 0 Å². The molecule has 0 atom stereocenters. The summed E-state index contributed by atoms with van der Waals surface area (Å²) >= 11 is 7.54. The number of nitrogens with zero attached hydrogens (tertiary/aromatic N) is 3. The van der Waals surface area contributed by atoms with Crippen molar-refractivity contribution in [3.63, 3.8) is 0 Å². The highest BCUT2D eigenvalue weighted by Crippen LogP contribution is 2.30. The lowest BCUT2D eigenvalue weighted by molar-refractivity contribution is -0.384. The van der Waals surface area contributed by atoms with E-state index in [0.29, 0.717) is 6.54 Å². The molecule has 1 heterocycles. The Morgan fingerprint density at radius 2 is 2.00 bits per heavy atom. The zero-order chi connectivity index (χ0) is 20.0. The van der Waals surface area contributed by atoms with Gasteiger partial charge in [-0.25, -0.2) is 9.10 Å². The Hall–Kier alpha value is -1.71. The van der Waals surface area contributed by atoms with Crippen LogP contribution in [0.4, 0.5) is 16.2 Å². The second-order valence-electron chi connectivity index (χ2n) is 7.07. The minimum absolute atomic E-state index is 0.0702. The van der Waals surface area contributed by atoms with Crippen LogP contribution in [0.15, 0.2) is 18.2 Å². The zero-order valence-electron chi connectivity index (χ0n) is 15.7. The van der Waals surface area contributed by atoms with Crippen molar-refractivity contribution in [2.75, 3.05) is 43.4 Å². The molecule has 0 saturated carbocycles. The van der Waals surface area contributed by atoms with E-state index >= 15 is 0 Å². The lowest BCUT2D eigenvalue weighted by Gasteiger charge is -2.35. The molecule has 27 heavy (non-hydrogen) atoms. The predicted molar refractivity (Wildman–Crippen MR) is 109 cm³/mol. The van der Waals surface area contributed by atoms with Crippen LogP contribution >= 0.6 is 23.5 Å². The molecule has 1 N–H and O–H groups in total. The molecule has 1 aliphatic heterocycles. The fourth-order valence-corrected chi connectivity index (χ4v) is 3.61. The second-order valence-corrected chi connectivity index (χ2v) is 8.66. The number of alkyl carbamates (subject to hydrolysis) is 1. The highest BCUT2D eigenvalue weighted by molar-refractivity contribution is 7.97. The van der Waals surface area contributed by atoms with Crippen molar-refractivity contribution in [3.8, 4) is 0 Å². The summed E-state index contributed by atoms with van der Waals surface area (Å²) in [5, 5.41) is 13.9. The van der Waals surface area contributed by atoms with Crippen LogP contribution in [0.1, 0.15) is 20.8 Å². The molecule has 1 aromatic rings. The van der Waals surface area contributed by atoms with E-state index < -0.39 is 16.6 Å². The van der Waals surface area contributed by atoms with Gasteiger partial charge in [0.2, 0.25) is 0 Å². The van der Waals surface area contributed by atoms with Crippen LogP contribution in [0.2, 0.25) is 5.02 Å². The van der Waals surface area contributed by atoms with E-state index in [9.17, 15) is 14.9 Å². The summed E-state index contributed by atoms with van der Waals surface area (Å²) in [6.45, 7) is 9.21. The molecule has 150 valence electrons. The molecule has 1 aliphatic rings. The Bertz CT molecular complexity index is 675. The Morgan fingerprint density at radius 3 is 2.59 bits per heavy atom. The summed E-state index contributed by atoms with van der Waals surface area (Å²) in [4.78, 5) is 24.3. The van der Waals surface area contributed by atoms with Gasteiger partial charge in [-0.3, -0.25) is 10.1 Å². The number of rotatable bonds is 6. The molecule has 1 saturated heterocycles. The summed E-state index contributed by atoms with van der Waals surface area (Å²) < 4.78 is 7.42. The number of nitro groups is 1. The molecule has 8 nitrogen and oxygen atoms in total. The summed E-state index contributed by atoms with van der Waals surface area (Å²) in [5.74, 6) is 0.756. The molecule has 0 bridgehead atoms. The van der Waals surface area contributed by atoms with Gasteiger partial charge in [-0.1, -0.05) is 23.5 Å². The Kier molecular flexibility index (Phi) is 7.58. The molecular weight excluding hydrogens is 392 g/mol. The van der Waals surface area contributed by atoms with Gasteiger partial charge in [-0.05, 0) is 32.9 Å². The Balaban J connectivity index is 1.72. The van der Waals surface area contributed by atoms with Crippen molar-refractivity contribution in [2.45, 2.75) is 26.4 Å². The second kappa shape index (κ2) is 9.48. The van der Waals surface area contributed by atoms with Crippen LogP contribution in [0.3, 0.4) is 0 Å². The molecular formula is C17H25ClN4O4S. The van der Waals surface area contributed by atoms with Crippen molar-refractivity contribution in [1.29, 1.82) is 0 Å². The molecule has 1 amide bonds. The number of anilines is 1. The fourth-order valence-electron chi connectivity index (χ4n) is 2.56. The van der Waals surface area contributed by atoms with Gasteiger partial charge < -0.3 is 15.0 Å². The molecule has 0 unspecified atom stereocenters. The topological polar surface area (TPSA) is 88.0 Å². The van der Waals surface area contributed by atoms with Gasteiger partial charge in [0.1, 0.15) is 10.6 Å². The molecule has 0 aromatic heterocycles. The SMILES string of the molecule is CC(C)(C)OC(=O)NCCSN1CCN(c2ccc(Cl)c([N+](=O)[O-])c2)CC1. The van der Waals surface area contributed by atoms with Gasteiger partial charge in [0.05, 0.1) is 4.92 Å². The van der Waals surface area contributed by atoms with E-state index in [1.165, 1.54) is 6.07 Å². The number of nitro benzene ring substituents is 1. The number of ether oxygens (including phenoxy) is 1. The van der Waals surface area contributed by atoms with Gasteiger partial charge in [0.25, 0.3) is 5.69 Å². The summed E-state index contributed by atoms with van der Waals surface area (Å²) in [7, 11) is 0. The lowest BCUT2D eigenvalue weighted by atomic mass is 10.2. The molecule has 1 fully saturated rings. The predicted octanol–water partition coefficient (Wildman–Crippen LogP) is 3.54. The summed E-state index contributed by atoms with van der Waals surface area (Å²) in [6, 6.07) is 4.90. The van der Waals surface area contributed by atoms with Gasteiger partial charge >= 0.3 is 6.09 Å². The fraction of sp³-hybridized carbons (Fsp3) is 0.588. The van der Waals surface area contributed by atoms with Crippen molar-refractivity contribution in [2.24, 2.45) is 0 Å². The van der Waals surface area contributed by atoms with Gasteiger partial charge in [0, 0.05) is 50.2 Å². The van der Waals surface area contributed by atoms with Crippen LogP contribution in [0, 0.1) is 10.1 Å². The minimum atomic E-state index is -0.496. The van der Waals surface area contributed by atoms with Crippen LogP contribution in [0.5, 0.6) is 0 Å². The molecule has 0 aliphatic carbocycles. The first kappa shape index (κ1) is 21.6. The molecule has 2 rings (SSSR count). The summed E-state index contributed by atoms with van der Waals surface area (Å²) in [6.07, 6.45) is -0.405. The van der Waals surface area contributed by atoms with Crippen molar-refractivity contribution >= 4 is 41.0 Å². The third-order valence-corrected chi connectivity index (χ3v) is 5.21. The number of hydrogen-bond donors (Lipinski definition) is 1. The van der Waals surface area contributed by atoms with Crippen LogP contribution in [-0.4, -0.2) is 59.4 Å². The third kappa shape index (κ3) is 7.08. The number of piperazine rings is 1.